The first-order chi connectivity index (χ1) is 8.40. The maximum atomic E-state index is 12.2. The molecule has 0 fully saturated rings. The first-order valence-electron chi connectivity index (χ1n) is 5.66. The number of carbonyl (C=O) groups is 1. The van der Waals surface area contributed by atoms with Gasteiger partial charge in [0, 0.05) is 11.4 Å². The zero-order chi connectivity index (χ0) is 13.4. The number of carbonyl (C=O) groups excluding carboxylic acids is 1. The monoisotopic (exact) mass is 358 g/mol. The van der Waals surface area contributed by atoms with Crippen LogP contribution < -0.4 is 0 Å². The van der Waals surface area contributed by atoms with Crippen molar-refractivity contribution in [2.24, 2.45) is 0 Å². The van der Waals surface area contributed by atoms with Crippen molar-refractivity contribution in [3.8, 4) is 0 Å². The summed E-state index contributed by atoms with van der Waals surface area (Å²) in [6.07, 6.45) is 0. The second-order valence-corrected chi connectivity index (χ2v) is 5.45. The van der Waals surface area contributed by atoms with Crippen molar-refractivity contribution >= 4 is 28.5 Å². The molecule has 5 nitrogen and oxygen atoms in total. The van der Waals surface area contributed by atoms with Crippen molar-refractivity contribution in [1.29, 1.82) is 0 Å². The van der Waals surface area contributed by atoms with E-state index in [1.807, 2.05) is 33.8 Å². The smallest absolute Gasteiger partial charge is 0.268 e. The lowest BCUT2D eigenvalue weighted by atomic mass is 10.4. The minimum absolute atomic E-state index is 0.0670. The Hall–Kier alpha value is -1.18. The Balaban J connectivity index is 2.27. The quantitative estimate of drug-likeness (QED) is 0.774. The van der Waals surface area contributed by atoms with Crippen LogP contribution in [0, 0.1) is 31.3 Å². The highest BCUT2D eigenvalue weighted by atomic mass is 127. The molecule has 0 amide bonds. The lowest BCUT2D eigenvalue weighted by molar-refractivity contribution is 0.0866. The maximum absolute atomic E-state index is 12.2. The van der Waals surface area contributed by atoms with E-state index in [1.165, 1.54) is 4.68 Å². The van der Waals surface area contributed by atoms with E-state index >= 15 is 0 Å². The van der Waals surface area contributed by atoms with Crippen LogP contribution in [0.2, 0.25) is 0 Å². The van der Waals surface area contributed by atoms with Gasteiger partial charge in [0.2, 0.25) is 0 Å². The van der Waals surface area contributed by atoms with Crippen LogP contribution in [0.15, 0.2) is 6.07 Å². The Labute approximate surface area is 119 Å². The van der Waals surface area contributed by atoms with Crippen LogP contribution in [0.3, 0.4) is 0 Å². The fourth-order valence-electron chi connectivity index (χ4n) is 1.91. The minimum atomic E-state index is -0.0670. The molecule has 0 unspecified atom stereocenters. The molecular formula is C12H15IN4O. The standard InChI is InChI=1S/C12H15IN4O/c1-7-5-8(2)17(14-7)11(18)6-16-10(4)12(13)9(3)15-16/h5H,6H2,1-4H3. The largest absolute Gasteiger partial charge is 0.270 e. The number of hydrogen-bond acceptors (Lipinski definition) is 3. The van der Waals surface area contributed by atoms with E-state index < -0.39 is 0 Å². The Morgan fingerprint density at radius 1 is 1.28 bits per heavy atom. The summed E-state index contributed by atoms with van der Waals surface area (Å²) in [6, 6.07) is 1.89. The van der Waals surface area contributed by atoms with Crippen molar-refractivity contribution in [3.63, 3.8) is 0 Å². The van der Waals surface area contributed by atoms with E-state index in [-0.39, 0.29) is 12.5 Å². The van der Waals surface area contributed by atoms with Gasteiger partial charge in [-0.3, -0.25) is 9.48 Å². The number of aromatic nitrogens is 4. The van der Waals surface area contributed by atoms with Crippen molar-refractivity contribution in [1.82, 2.24) is 19.6 Å². The van der Waals surface area contributed by atoms with Gasteiger partial charge in [0.05, 0.1) is 15.0 Å². The molecule has 2 heterocycles. The Morgan fingerprint density at radius 2 is 1.94 bits per heavy atom. The number of hydrogen-bond donors (Lipinski definition) is 0. The van der Waals surface area contributed by atoms with E-state index in [9.17, 15) is 4.79 Å². The van der Waals surface area contributed by atoms with E-state index in [2.05, 4.69) is 32.8 Å². The second-order valence-electron chi connectivity index (χ2n) is 4.38. The number of nitrogens with zero attached hydrogens (tertiary/aromatic N) is 4. The maximum Gasteiger partial charge on any atom is 0.268 e. The molecule has 6 heteroatoms. The normalized spacial score (nSPS) is 10.9. The lowest BCUT2D eigenvalue weighted by Crippen LogP contribution is -2.21. The fourth-order valence-corrected chi connectivity index (χ4v) is 2.29. The van der Waals surface area contributed by atoms with Crippen molar-refractivity contribution < 1.29 is 4.79 Å². The summed E-state index contributed by atoms with van der Waals surface area (Å²) in [7, 11) is 0. The zero-order valence-corrected chi connectivity index (χ0v) is 13.0. The molecule has 0 N–H and O–H groups in total. The van der Waals surface area contributed by atoms with Crippen LogP contribution in [0.5, 0.6) is 0 Å². The van der Waals surface area contributed by atoms with Gasteiger partial charge in [-0.1, -0.05) is 0 Å². The summed E-state index contributed by atoms with van der Waals surface area (Å²) < 4.78 is 4.28. The van der Waals surface area contributed by atoms with Crippen LogP contribution in [0.25, 0.3) is 0 Å². The molecule has 0 atom stereocenters. The van der Waals surface area contributed by atoms with Crippen molar-refractivity contribution in [2.45, 2.75) is 34.2 Å². The van der Waals surface area contributed by atoms with Gasteiger partial charge in [-0.05, 0) is 56.4 Å². The molecule has 0 spiro atoms. The SMILES string of the molecule is Cc1cc(C)n(C(=O)Cn2nc(C)c(I)c2C)n1. The summed E-state index contributed by atoms with van der Waals surface area (Å²) in [5.74, 6) is -0.0670. The van der Waals surface area contributed by atoms with Crippen LogP contribution in [-0.4, -0.2) is 25.5 Å². The van der Waals surface area contributed by atoms with E-state index in [1.54, 1.807) is 4.68 Å². The number of halogens is 1. The molecule has 0 aliphatic rings. The number of aryl methyl sites for hydroxylation is 3. The zero-order valence-electron chi connectivity index (χ0n) is 10.9. The molecule has 96 valence electrons. The first-order valence-corrected chi connectivity index (χ1v) is 6.74. The summed E-state index contributed by atoms with van der Waals surface area (Å²) >= 11 is 2.24. The third-order valence-corrected chi connectivity index (χ3v) is 4.39. The van der Waals surface area contributed by atoms with Gasteiger partial charge >= 0.3 is 0 Å². The summed E-state index contributed by atoms with van der Waals surface area (Å²) in [5.41, 5.74) is 3.68. The molecule has 0 aliphatic heterocycles. The average molecular weight is 358 g/mol. The predicted octanol–water partition coefficient (Wildman–Crippen LogP) is 2.26. The highest BCUT2D eigenvalue weighted by Gasteiger charge is 2.15. The first kappa shape index (κ1) is 13.3. The molecule has 2 aromatic heterocycles. The van der Waals surface area contributed by atoms with Crippen LogP contribution >= 0.6 is 22.6 Å². The molecule has 2 aromatic rings. The van der Waals surface area contributed by atoms with Crippen LogP contribution in [0.1, 0.15) is 27.6 Å². The number of rotatable bonds is 2. The van der Waals surface area contributed by atoms with Gasteiger partial charge in [0.25, 0.3) is 5.91 Å². The van der Waals surface area contributed by atoms with Crippen LogP contribution in [0.4, 0.5) is 0 Å². The second kappa shape index (κ2) is 4.83. The van der Waals surface area contributed by atoms with Crippen molar-refractivity contribution in [3.05, 3.63) is 32.4 Å². The fraction of sp³-hybridized carbons (Fsp3) is 0.417. The minimum Gasteiger partial charge on any atom is -0.270 e. The molecule has 0 aliphatic carbocycles. The third kappa shape index (κ3) is 2.33. The van der Waals surface area contributed by atoms with Gasteiger partial charge in [-0.15, -0.1) is 0 Å². The molecule has 0 radical (unpaired) electrons. The van der Waals surface area contributed by atoms with E-state index in [4.69, 9.17) is 0 Å². The molecule has 2 rings (SSSR count). The summed E-state index contributed by atoms with van der Waals surface area (Å²) in [4.78, 5) is 12.2. The molecule has 0 bridgehead atoms. The van der Waals surface area contributed by atoms with Gasteiger partial charge in [-0.2, -0.15) is 10.2 Å². The van der Waals surface area contributed by atoms with E-state index in [0.717, 1.165) is 26.3 Å². The van der Waals surface area contributed by atoms with Gasteiger partial charge in [-0.25, -0.2) is 4.68 Å². The Bertz CT molecular complexity index is 612. The van der Waals surface area contributed by atoms with Crippen molar-refractivity contribution in [2.75, 3.05) is 0 Å². The predicted molar refractivity (Wildman–Crippen MR) is 76.7 cm³/mol. The lowest BCUT2D eigenvalue weighted by Gasteiger charge is -2.05. The third-order valence-electron chi connectivity index (χ3n) is 2.82. The Kier molecular flexibility index (Phi) is 3.56. The summed E-state index contributed by atoms with van der Waals surface area (Å²) in [5, 5.41) is 8.55. The molecule has 0 saturated carbocycles. The molecule has 0 aromatic carbocycles. The molecule has 18 heavy (non-hydrogen) atoms. The molecular weight excluding hydrogens is 343 g/mol. The van der Waals surface area contributed by atoms with Gasteiger partial charge in [0.15, 0.2) is 0 Å². The highest BCUT2D eigenvalue weighted by molar-refractivity contribution is 14.1. The summed E-state index contributed by atoms with van der Waals surface area (Å²) in [6.45, 7) is 7.89. The van der Waals surface area contributed by atoms with Gasteiger partial charge < -0.3 is 0 Å². The molecule has 0 saturated heterocycles. The topological polar surface area (TPSA) is 52.7 Å². The average Bonchev–Trinajstić information content (AvgIpc) is 2.75. The van der Waals surface area contributed by atoms with Crippen LogP contribution in [-0.2, 0) is 6.54 Å². The van der Waals surface area contributed by atoms with E-state index in [0.29, 0.717) is 0 Å². The van der Waals surface area contributed by atoms with Gasteiger partial charge in [0.1, 0.15) is 6.54 Å². The highest BCUT2D eigenvalue weighted by Crippen LogP contribution is 2.15. The Morgan fingerprint density at radius 3 is 2.39 bits per heavy atom.